The molecule has 0 aliphatic heterocycles. The highest BCUT2D eigenvalue weighted by molar-refractivity contribution is 9.10. The lowest BCUT2D eigenvalue weighted by atomic mass is 9.89. The molecule has 2 rings (SSSR count). The molecule has 1 atom stereocenters. The minimum atomic E-state index is -0.133. The van der Waals surface area contributed by atoms with Crippen molar-refractivity contribution in [3.05, 3.63) is 33.8 Å². The highest BCUT2D eigenvalue weighted by atomic mass is 79.9. The number of benzene rings is 1. The van der Waals surface area contributed by atoms with Crippen molar-refractivity contribution in [3.8, 4) is 0 Å². The Hall–Kier alpha value is -0.340. The molecule has 1 aromatic rings. The van der Waals surface area contributed by atoms with Crippen molar-refractivity contribution in [2.45, 2.75) is 25.3 Å². The second-order valence-electron chi connectivity index (χ2n) is 3.31. The van der Waals surface area contributed by atoms with Crippen LogP contribution < -0.4 is 5.73 Å². The molecule has 1 aliphatic carbocycles. The Bertz CT molecular complexity index is 296. The van der Waals surface area contributed by atoms with E-state index in [0.717, 1.165) is 23.7 Å². The maximum absolute atomic E-state index is 9.43. The van der Waals surface area contributed by atoms with Crippen LogP contribution in [0.15, 0.2) is 22.7 Å². The molecule has 1 aliphatic rings. The monoisotopic (exact) mass is 223 g/mol. The fraction of sp³-hybridized carbons (Fsp3) is 0.400. The maximum atomic E-state index is 9.43. The third kappa shape index (κ3) is 1.54. The van der Waals surface area contributed by atoms with Gasteiger partial charge in [0.2, 0.25) is 0 Å². The van der Waals surface area contributed by atoms with Gasteiger partial charge in [0.1, 0.15) is 0 Å². The molecule has 0 N–H and O–H groups in total. The van der Waals surface area contributed by atoms with Crippen LogP contribution in [0.4, 0.5) is 0 Å². The predicted molar refractivity (Wildman–Crippen MR) is 52.1 cm³/mol. The van der Waals surface area contributed by atoms with Gasteiger partial charge >= 0.3 is 0 Å². The molecule has 12 heavy (non-hydrogen) atoms. The summed E-state index contributed by atoms with van der Waals surface area (Å²) in [7, 11) is 0. The van der Waals surface area contributed by atoms with E-state index in [9.17, 15) is 5.73 Å². The fourth-order valence-electron chi connectivity index (χ4n) is 1.71. The molecule has 2 radical (unpaired) electrons. The van der Waals surface area contributed by atoms with E-state index in [1.807, 2.05) is 0 Å². The molecule has 0 bridgehead atoms. The average Bonchev–Trinajstić information content (AvgIpc) is 2.03. The zero-order valence-corrected chi connectivity index (χ0v) is 8.34. The molecule has 2 heteroatoms. The first-order valence-corrected chi connectivity index (χ1v) is 5.00. The first-order valence-electron chi connectivity index (χ1n) is 4.21. The van der Waals surface area contributed by atoms with Gasteiger partial charge in [-0.25, -0.2) is 0 Å². The Morgan fingerprint density at radius 3 is 3.00 bits per heavy atom. The van der Waals surface area contributed by atoms with Gasteiger partial charge < -0.3 is 0 Å². The molecular weight excluding hydrogens is 214 g/mol. The first-order chi connectivity index (χ1) is 5.75. The van der Waals surface area contributed by atoms with E-state index in [4.69, 9.17) is 0 Å². The second kappa shape index (κ2) is 3.19. The number of hydrogen-bond donors (Lipinski definition) is 0. The fourth-order valence-corrected chi connectivity index (χ4v) is 2.11. The van der Waals surface area contributed by atoms with Gasteiger partial charge in [-0.3, -0.25) is 0 Å². The van der Waals surface area contributed by atoms with Crippen molar-refractivity contribution in [1.82, 2.24) is 5.73 Å². The van der Waals surface area contributed by atoms with Crippen LogP contribution >= 0.6 is 15.9 Å². The van der Waals surface area contributed by atoms with Crippen molar-refractivity contribution in [2.75, 3.05) is 0 Å². The van der Waals surface area contributed by atoms with Crippen molar-refractivity contribution < 1.29 is 0 Å². The number of hydrogen-bond acceptors (Lipinski definition) is 0. The van der Waals surface area contributed by atoms with Gasteiger partial charge in [-0.15, -0.1) is 5.73 Å². The smallest absolute Gasteiger partial charge is 0.0477 e. The summed E-state index contributed by atoms with van der Waals surface area (Å²) >= 11 is 3.43. The van der Waals surface area contributed by atoms with Crippen molar-refractivity contribution >= 4 is 15.9 Å². The average molecular weight is 224 g/mol. The third-order valence-corrected chi connectivity index (χ3v) is 2.86. The number of fused-ring (bicyclic) bond motifs is 1. The molecule has 1 nitrogen and oxygen atoms in total. The van der Waals surface area contributed by atoms with Gasteiger partial charge in [-0.1, -0.05) is 22.0 Å². The molecule has 1 aromatic carbocycles. The van der Waals surface area contributed by atoms with Crippen LogP contribution in [0.5, 0.6) is 0 Å². The van der Waals surface area contributed by atoms with E-state index in [1.165, 1.54) is 11.1 Å². The standard InChI is InChI=1S/C10H10BrN/c11-9-3-1-7-2-4-10(12)6-8(7)5-9/h1,3,5,10H,2,4,6H2. The summed E-state index contributed by atoms with van der Waals surface area (Å²) in [5.41, 5.74) is 12.1. The van der Waals surface area contributed by atoms with Crippen LogP contribution in [-0.2, 0) is 12.8 Å². The van der Waals surface area contributed by atoms with E-state index in [0.29, 0.717) is 0 Å². The SMILES string of the molecule is [N]C1CCc2ccc(Br)cc2C1. The minimum absolute atomic E-state index is 0.133. The third-order valence-electron chi connectivity index (χ3n) is 2.37. The number of aryl methyl sites for hydroxylation is 1. The molecule has 0 saturated heterocycles. The number of nitrogens with zero attached hydrogens (tertiary/aromatic N) is 1. The summed E-state index contributed by atoms with van der Waals surface area (Å²) in [6.45, 7) is 0. The molecule has 0 saturated carbocycles. The highest BCUT2D eigenvalue weighted by Crippen LogP contribution is 2.24. The van der Waals surface area contributed by atoms with Gasteiger partial charge in [0.05, 0.1) is 0 Å². The number of rotatable bonds is 0. The van der Waals surface area contributed by atoms with Crippen LogP contribution in [0.25, 0.3) is 0 Å². The van der Waals surface area contributed by atoms with Gasteiger partial charge in [0, 0.05) is 10.5 Å². The molecule has 0 spiro atoms. The summed E-state index contributed by atoms with van der Waals surface area (Å²) in [4.78, 5) is 0. The van der Waals surface area contributed by atoms with Gasteiger partial charge in [0.25, 0.3) is 0 Å². The molecule has 0 amide bonds. The van der Waals surface area contributed by atoms with E-state index >= 15 is 0 Å². The Morgan fingerprint density at radius 1 is 1.33 bits per heavy atom. The van der Waals surface area contributed by atoms with Crippen molar-refractivity contribution in [2.24, 2.45) is 0 Å². The van der Waals surface area contributed by atoms with Gasteiger partial charge in [-0.05, 0) is 42.5 Å². The highest BCUT2D eigenvalue weighted by Gasteiger charge is 2.16. The predicted octanol–water partition coefficient (Wildman–Crippen LogP) is 2.38. The van der Waals surface area contributed by atoms with Gasteiger partial charge in [-0.2, -0.15) is 0 Å². The van der Waals surface area contributed by atoms with Crippen molar-refractivity contribution in [3.63, 3.8) is 0 Å². The Labute approximate surface area is 81.1 Å². The van der Waals surface area contributed by atoms with Crippen LogP contribution in [0.2, 0.25) is 0 Å². The molecule has 62 valence electrons. The maximum Gasteiger partial charge on any atom is 0.0477 e. The summed E-state index contributed by atoms with van der Waals surface area (Å²) in [6.07, 6.45) is 2.74. The van der Waals surface area contributed by atoms with E-state index in [-0.39, 0.29) is 6.04 Å². The Morgan fingerprint density at radius 2 is 2.17 bits per heavy atom. The van der Waals surface area contributed by atoms with Gasteiger partial charge in [0.15, 0.2) is 0 Å². The quantitative estimate of drug-likeness (QED) is 0.645. The summed E-state index contributed by atoms with van der Waals surface area (Å²) in [6, 6.07) is 6.19. The normalized spacial score (nSPS) is 22.0. The van der Waals surface area contributed by atoms with Crippen LogP contribution in [0, 0.1) is 0 Å². The lowest BCUT2D eigenvalue weighted by Gasteiger charge is -2.19. The topological polar surface area (TPSA) is 22.3 Å². The Kier molecular flexibility index (Phi) is 2.20. The Balaban J connectivity index is 2.37. The number of halogens is 1. The lowest BCUT2D eigenvalue weighted by molar-refractivity contribution is 0.561. The summed E-state index contributed by atoms with van der Waals surface area (Å²) in [5, 5.41) is 0. The second-order valence-corrected chi connectivity index (χ2v) is 4.23. The van der Waals surface area contributed by atoms with Crippen molar-refractivity contribution in [1.29, 1.82) is 0 Å². The molecule has 0 heterocycles. The van der Waals surface area contributed by atoms with E-state index in [2.05, 4.69) is 34.1 Å². The zero-order chi connectivity index (χ0) is 8.55. The van der Waals surface area contributed by atoms with Crippen LogP contribution in [0.3, 0.4) is 0 Å². The van der Waals surface area contributed by atoms with E-state index in [1.54, 1.807) is 0 Å². The van der Waals surface area contributed by atoms with E-state index < -0.39 is 0 Å². The summed E-state index contributed by atoms with van der Waals surface area (Å²) in [5.74, 6) is 0. The first kappa shape index (κ1) is 8.27. The molecule has 0 aromatic heterocycles. The molecular formula is C10H10BrN. The largest absolute Gasteiger partial charge is 0.141 e. The van der Waals surface area contributed by atoms with Crippen LogP contribution in [-0.4, -0.2) is 6.04 Å². The minimum Gasteiger partial charge on any atom is -0.141 e. The zero-order valence-electron chi connectivity index (χ0n) is 6.76. The lowest BCUT2D eigenvalue weighted by Crippen LogP contribution is -2.19. The molecule has 0 fully saturated rings. The summed E-state index contributed by atoms with van der Waals surface area (Å²) < 4.78 is 1.11. The van der Waals surface area contributed by atoms with Crippen LogP contribution in [0.1, 0.15) is 17.5 Å². The molecule has 1 unspecified atom stereocenters.